The van der Waals surface area contributed by atoms with E-state index in [-0.39, 0.29) is 0 Å². The molecule has 3 heterocycles. The SMILES string of the molecule is c1ccc(-c2sc(-c3c4ccccc4c(-c4ccccc4)c4ccccc34)c(-c3ccccc3)c2-c2ccc(-c3ccc4ccc5cccnc5c4n3)c3ccccc23)cc1. The predicted molar refractivity (Wildman–Crippen MR) is 260 cm³/mol. The van der Waals surface area contributed by atoms with Gasteiger partial charge in [-0.15, -0.1) is 11.3 Å². The van der Waals surface area contributed by atoms with Crippen molar-refractivity contribution in [3.8, 4) is 65.5 Å². The van der Waals surface area contributed by atoms with Crippen LogP contribution in [0.1, 0.15) is 0 Å². The first kappa shape index (κ1) is 35.2. The Kier molecular flexibility index (Phi) is 8.39. The molecular formula is C58H36N2S. The van der Waals surface area contributed by atoms with Crippen molar-refractivity contribution in [2.24, 2.45) is 0 Å². The predicted octanol–water partition coefficient (Wildman–Crippen LogP) is 16.3. The Morgan fingerprint density at radius 2 is 0.770 bits per heavy atom. The molecule has 0 saturated heterocycles. The summed E-state index contributed by atoms with van der Waals surface area (Å²) >= 11 is 1.91. The van der Waals surface area contributed by atoms with Crippen LogP contribution in [-0.4, -0.2) is 9.97 Å². The van der Waals surface area contributed by atoms with E-state index in [1.54, 1.807) is 0 Å². The second-order valence-corrected chi connectivity index (χ2v) is 16.6. The number of pyridine rings is 2. The van der Waals surface area contributed by atoms with Crippen LogP contribution in [0, 0.1) is 0 Å². The summed E-state index contributed by atoms with van der Waals surface area (Å²) < 4.78 is 0. The van der Waals surface area contributed by atoms with Gasteiger partial charge in [0, 0.05) is 49.0 Å². The zero-order valence-corrected chi connectivity index (χ0v) is 33.9. The van der Waals surface area contributed by atoms with Crippen molar-refractivity contribution in [1.82, 2.24) is 9.97 Å². The first-order chi connectivity index (χ1) is 30.3. The zero-order valence-electron chi connectivity index (χ0n) is 33.1. The van der Waals surface area contributed by atoms with Gasteiger partial charge in [-0.25, -0.2) is 4.98 Å². The van der Waals surface area contributed by atoms with E-state index in [9.17, 15) is 0 Å². The van der Waals surface area contributed by atoms with Crippen molar-refractivity contribution in [3.05, 3.63) is 219 Å². The second kappa shape index (κ2) is 14.5. The Bertz CT molecular complexity index is 3570. The number of aromatic nitrogens is 2. The molecule has 0 N–H and O–H groups in total. The average molecular weight is 793 g/mol. The van der Waals surface area contributed by atoms with Crippen LogP contribution in [-0.2, 0) is 0 Å². The molecule has 12 rings (SSSR count). The first-order valence-electron chi connectivity index (χ1n) is 20.7. The number of thiophene rings is 1. The van der Waals surface area contributed by atoms with Crippen LogP contribution in [0.3, 0.4) is 0 Å². The van der Waals surface area contributed by atoms with Crippen LogP contribution >= 0.6 is 11.3 Å². The van der Waals surface area contributed by atoms with Crippen molar-refractivity contribution in [2.75, 3.05) is 0 Å². The van der Waals surface area contributed by atoms with Gasteiger partial charge in [0.1, 0.15) is 0 Å². The lowest BCUT2D eigenvalue weighted by molar-refractivity contribution is 1.37. The topological polar surface area (TPSA) is 25.8 Å². The largest absolute Gasteiger partial charge is 0.254 e. The number of hydrogen-bond donors (Lipinski definition) is 0. The van der Waals surface area contributed by atoms with Crippen LogP contribution in [0.2, 0.25) is 0 Å². The summed E-state index contributed by atoms with van der Waals surface area (Å²) in [5, 5.41) is 9.50. The van der Waals surface area contributed by atoms with Gasteiger partial charge in [0.2, 0.25) is 0 Å². The lowest BCUT2D eigenvalue weighted by Gasteiger charge is -2.19. The van der Waals surface area contributed by atoms with Gasteiger partial charge in [0.25, 0.3) is 0 Å². The molecule has 2 nitrogen and oxygen atoms in total. The Morgan fingerprint density at radius 1 is 0.295 bits per heavy atom. The molecule has 0 spiro atoms. The molecule has 0 bridgehead atoms. The molecular weight excluding hydrogens is 757 g/mol. The van der Waals surface area contributed by atoms with Crippen LogP contribution in [0.15, 0.2) is 219 Å². The van der Waals surface area contributed by atoms with E-state index in [1.165, 1.54) is 81.2 Å². The molecule has 0 radical (unpaired) electrons. The van der Waals surface area contributed by atoms with Gasteiger partial charge >= 0.3 is 0 Å². The standard InChI is InChI=1S/C58H36N2S/c1-4-17-37(18-5-1)51-45-26-12-14-28-47(45)53(48-29-15-13-27-46(48)51)58-52(38-19-6-2-7-20-38)54(57(61-58)41-21-8-3-9-22-41)49-34-33-44(42-24-10-11-25-43(42)49)50-35-32-40-31-30-39-23-16-36-59-55(39)56(40)60-50/h1-36H. The van der Waals surface area contributed by atoms with Crippen molar-refractivity contribution in [3.63, 3.8) is 0 Å². The third kappa shape index (κ3) is 5.78. The normalized spacial score (nSPS) is 11.6. The van der Waals surface area contributed by atoms with Crippen LogP contribution in [0.25, 0.3) is 120 Å². The quantitative estimate of drug-likeness (QED) is 0.124. The molecule has 284 valence electrons. The molecule has 3 heteroatoms. The highest BCUT2D eigenvalue weighted by atomic mass is 32.1. The first-order valence-corrected chi connectivity index (χ1v) is 21.6. The summed E-state index contributed by atoms with van der Waals surface area (Å²) in [6.07, 6.45) is 1.85. The maximum Gasteiger partial charge on any atom is 0.0972 e. The molecule has 12 aromatic rings. The number of fused-ring (bicyclic) bond motifs is 6. The Labute approximate surface area is 357 Å². The van der Waals surface area contributed by atoms with Crippen LogP contribution < -0.4 is 0 Å². The summed E-state index contributed by atoms with van der Waals surface area (Å²) in [6, 6.07) is 77.0. The van der Waals surface area contributed by atoms with Crippen molar-refractivity contribution >= 4 is 65.5 Å². The number of nitrogens with zero attached hydrogens (tertiary/aromatic N) is 2. The minimum atomic E-state index is 0.918. The van der Waals surface area contributed by atoms with Crippen molar-refractivity contribution < 1.29 is 0 Å². The van der Waals surface area contributed by atoms with E-state index in [0.717, 1.165) is 38.4 Å². The molecule has 0 aliphatic heterocycles. The van der Waals surface area contributed by atoms with Crippen LogP contribution in [0.4, 0.5) is 0 Å². The smallest absolute Gasteiger partial charge is 0.0972 e. The molecule has 61 heavy (non-hydrogen) atoms. The highest BCUT2D eigenvalue weighted by molar-refractivity contribution is 7.20. The molecule has 0 aliphatic rings. The van der Waals surface area contributed by atoms with Gasteiger partial charge < -0.3 is 0 Å². The van der Waals surface area contributed by atoms with E-state index in [0.29, 0.717) is 0 Å². The van der Waals surface area contributed by atoms with Gasteiger partial charge in [-0.2, -0.15) is 0 Å². The van der Waals surface area contributed by atoms with E-state index in [1.807, 2.05) is 23.6 Å². The minimum absolute atomic E-state index is 0.918. The lowest BCUT2D eigenvalue weighted by Crippen LogP contribution is -1.93. The Hall–Kier alpha value is -7.72. The Balaban J connectivity index is 1.19. The Morgan fingerprint density at radius 3 is 1.39 bits per heavy atom. The van der Waals surface area contributed by atoms with Gasteiger partial charge in [0.05, 0.1) is 16.7 Å². The summed E-state index contributed by atoms with van der Waals surface area (Å²) in [4.78, 5) is 12.6. The van der Waals surface area contributed by atoms with E-state index in [2.05, 4.69) is 206 Å². The molecule has 9 aromatic carbocycles. The maximum atomic E-state index is 5.33. The van der Waals surface area contributed by atoms with Crippen molar-refractivity contribution in [2.45, 2.75) is 0 Å². The van der Waals surface area contributed by atoms with Gasteiger partial charge in [-0.05, 0) is 72.3 Å². The van der Waals surface area contributed by atoms with Gasteiger partial charge in [-0.3, -0.25) is 4.98 Å². The fourth-order valence-electron chi connectivity index (χ4n) is 9.44. The van der Waals surface area contributed by atoms with E-state index >= 15 is 0 Å². The maximum absolute atomic E-state index is 5.33. The lowest BCUT2D eigenvalue weighted by atomic mass is 9.84. The second-order valence-electron chi connectivity index (χ2n) is 15.6. The third-order valence-corrected chi connectivity index (χ3v) is 13.4. The average Bonchev–Trinajstić information content (AvgIpc) is 3.73. The summed E-state index contributed by atoms with van der Waals surface area (Å²) in [5.74, 6) is 0. The molecule has 0 aliphatic carbocycles. The summed E-state index contributed by atoms with van der Waals surface area (Å²) in [6.45, 7) is 0. The van der Waals surface area contributed by atoms with E-state index < -0.39 is 0 Å². The van der Waals surface area contributed by atoms with Gasteiger partial charge in [-0.1, -0.05) is 200 Å². The summed E-state index contributed by atoms with van der Waals surface area (Å²) in [7, 11) is 0. The molecule has 0 saturated carbocycles. The zero-order chi connectivity index (χ0) is 40.3. The highest BCUT2D eigenvalue weighted by Gasteiger charge is 2.28. The fraction of sp³-hybridized carbons (Fsp3) is 0. The van der Waals surface area contributed by atoms with Crippen LogP contribution in [0.5, 0.6) is 0 Å². The third-order valence-electron chi connectivity index (χ3n) is 12.1. The summed E-state index contributed by atoms with van der Waals surface area (Å²) in [5.41, 5.74) is 13.7. The minimum Gasteiger partial charge on any atom is -0.254 e. The molecule has 3 aromatic heterocycles. The van der Waals surface area contributed by atoms with Gasteiger partial charge in [0.15, 0.2) is 0 Å². The van der Waals surface area contributed by atoms with Crippen molar-refractivity contribution in [1.29, 1.82) is 0 Å². The molecule has 0 amide bonds. The monoisotopic (exact) mass is 792 g/mol. The fourth-order valence-corrected chi connectivity index (χ4v) is 10.9. The molecule has 0 fully saturated rings. The molecule has 0 atom stereocenters. The number of benzene rings is 9. The van der Waals surface area contributed by atoms with E-state index in [4.69, 9.17) is 9.97 Å². The number of hydrogen-bond acceptors (Lipinski definition) is 3. The highest BCUT2D eigenvalue weighted by Crippen LogP contribution is 2.56. The number of rotatable bonds is 6. The molecule has 0 unspecified atom stereocenters.